The molecule has 1 aliphatic heterocycles. The maximum atomic E-state index is 13.3. The van der Waals surface area contributed by atoms with Crippen molar-refractivity contribution in [1.82, 2.24) is 10.2 Å². The highest BCUT2D eigenvalue weighted by Gasteiger charge is 2.36. The van der Waals surface area contributed by atoms with Crippen LogP contribution in [0.15, 0.2) is 82.4 Å². The summed E-state index contributed by atoms with van der Waals surface area (Å²) in [5, 5.41) is 3.54. The van der Waals surface area contributed by atoms with E-state index >= 15 is 0 Å². The molecule has 6 rings (SSSR count). The second-order valence-corrected chi connectivity index (χ2v) is 10.9. The van der Waals surface area contributed by atoms with Crippen molar-refractivity contribution in [1.29, 1.82) is 0 Å². The monoisotopic (exact) mass is 484 g/mol. The molecule has 0 radical (unpaired) electrons. The van der Waals surface area contributed by atoms with Crippen LogP contribution < -0.4 is 5.32 Å². The fourth-order valence-electron chi connectivity index (χ4n) is 6.46. The Bertz CT molecular complexity index is 1160. The molecule has 0 aromatic rings. The van der Waals surface area contributed by atoms with E-state index in [9.17, 15) is 9.59 Å². The molecule has 1 heterocycles. The lowest BCUT2D eigenvalue weighted by Gasteiger charge is -2.32. The fourth-order valence-corrected chi connectivity index (χ4v) is 6.46. The number of amides is 1. The molecule has 188 valence electrons. The van der Waals surface area contributed by atoms with Crippen molar-refractivity contribution in [3.63, 3.8) is 0 Å². The quantitative estimate of drug-likeness (QED) is 0.389. The molecule has 0 aromatic heterocycles. The predicted molar refractivity (Wildman–Crippen MR) is 140 cm³/mol. The van der Waals surface area contributed by atoms with Crippen LogP contribution in [-0.2, 0) is 14.3 Å². The first kappa shape index (κ1) is 23.3. The Morgan fingerprint density at radius 1 is 0.972 bits per heavy atom. The van der Waals surface area contributed by atoms with Crippen molar-refractivity contribution in [3.8, 4) is 0 Å². The Labute approximate surface area is 214 Å². The number of nitrogens with one attached hydrogen (secondary N) is 1. The number of rotatable bonds is 5. The Balaban J connectivity index is 1.09. The average Bonchev–Trinajstić information content (AvgIpc) is 3.25. The zero-order valence-electron chi connectivity index (χ0n) is 21.0. The molecule has 5 nitrogen and oxygen atoms in total. The summed E-state index contributed by atoms with van der Waals surface area (Å²) in [5.74, 6) is 0.458. The highest BCUT2D eigenvalue weighted by molar-refractivity contribution is 6.02. The van der Waals surface area contributed by atoms with Gasteiger partial charge in [-0.2, -0.15) is 0 Å². The van der Waals surface area contributed by atoms with E-state index in [1.165, 1.54) is 36.2 Å². The third kappa shape index (κ3) is 4.80. The van der Waals surface area contributed by atoms with Crippen molar-refractivity contribution in [2.75, 3.05) is 6.54 Å². The topological polar surface area (TPSA) is 58.6 Å². The molecule has 1 amide bonds. The van der Waals surface area contributed by atoms with Crippen molar-refractivity contribution >= 4 is 11.9 Å². The Kier molecular flexibility index (Phi) is 6.56. The van der Waals surface area contributed by atoms with Crippen LogP contribution in [-0.4, -0.2) is 29.4 Å². The number of fused-ring (bicyclic) bond motifs is 2. The van der Waals surface area contributed by atoms with Gasteiger partial charge < -0.3 is 15.0 Å². The molecule has 0 spiro atoms. The van der Waals surface area contributed by atoms with E-state index in [0.717, 1.165) is 56.2 Å². The normalized spacial score (nSPS) is 29.6. The summed E-state index contributed by atoms with van der Waals surface area (Å²) < 4.78 is 5.92. The number of hydrogen-bond donors (Lipinski definition) is 1. The number of nitrogens with zero attached hydrogens (tertiary/aromatic N) is 1. The molecule has 5 aliphatic carbocycles. The highest BCUT2D eigenvalue weighted by Crippen LogP contribution is 2.39. The smallest absolute Gasteiger partial charge is 0.313 e. The molecule has 2 fully saturated rings. The number of hydrogen-bond acceptors (Lipinski definition) is 4. The molecular formula is C31H36N2O3. The van der Waals surface area contributed by atoms with Gasteiger partial charge in [0.1, 0.15) is 6.10 Å². The summed E-state index contributed by atoms with van der Waals surface area (Å²) in [6.07, 6.45) is 27.9. The lowest BCUT2D eigenvalue weighted by Crippen LogP contribution is -2.28. The van der Waals surface area contributed by atoms with Crippen LogP contribution >= 0.6 is 0 Å². The maximum absolute atomic E-state index is 13.3. The summed E-state index contributed by atoms with van der Waals surface area (Å²) in [7, 11) is 0. The van der Waals surface area contributed by atoms with E-state index in [0.29, 0.717) is 24.5 Å². The Morgan fingerprint density at radius 2 is 1.89 bits per heavy atom. The average molecular weight is 485 g/mol. The lowest BCUT2D eigenvalue weighted by atomic mass is 9.75. The molecule has 0 bridgehead atoms. The van der Waals surface area contributed by atoms with Gasteiger partial charge in [-0.15, -0.1) is 0 Å². The predicted octanol–water partition coefficient (Wildman–Crippen LogP) is 5.91. The largest absolute Gasteiger partial charge is 0.457 e. The van der Waals surface area contributed by atoms with E-state index in [4.69, 9.17) is 4.74 Å². The first-order chi connectivity index (χ1) is 17.6. The molecule has 1 saturated carbocycles. The second-order valence-electron chi connectivity index (χ2n) is 10.9. The summed E-state index contributed by atoms with van der Waals surface area (Å²) >= 11 is 0. The summed E-state index contributed by atoms with van der Waals surface area (Å²) in [6.45, 7) is 0.611. The minimum absolute atomic E-state index is 0.0306. The number of likely N-dealkylation sites (tertiary alicyclic amines) is 1. The highest BCUT2D eigenvalue weighted by atomic mass is 16.5. The van der Waals surface area contributed by atoms with Gasteiger partial charge in [0.2, 0.25) is 0 Å². The standard InChI is InChI=1S/C31H36N2O3/c34-30-29-19-28(36-31(35)23-11-10-21-6-4-5-7-22(21)18-23)17-12-24(29)20-33(30)27-15-13-26(14-16-27)32-25-8-2-1-3-9-25/h1-2,8,12-13,15,18-19,21,23,28,32H,3-7,9-11,14,16-17,20H2. The van der Waals surface area contributed by atoms with Gasteiger partial charge in [0, 0.05) is 29.1 Å². The molecule has 1 N–H and O–H groups in total. The SMILES string of the molecule is O=C(OC1C=C2C(=O)N(C3=CC=C(NC4=CC=CCC4)CC3)CC2=CC1)C1C=C2CCCCC2CC1. The first-order valence-electron chi connectivity index (χ1n) is 13.8. The third-order valence-electron chi connectivity index (χ3n) is 8.51. The molecule has 3 unspecified atom stereocenters. The number of carbonyl (C=O) groups excluding carboxylic acids is 2. The van der Waals surface area contributed by atoms with E-state index < -0.39 is 0 Å². The molecule has 0 aromatic carbocycles. The summed E-state index contributed by atoms with van der Waals surface area (Å²) in [6, 6.07) is 0. The Hall–Kier alpha value is -3.08. The number of allylic oxidation sites excluding steroid dienone is 9. The van der Waals surface area contributed by atoms with Gasteiger partial charge in [0.15, 0.2) is 0 Å². The van der Waals surface area contributed by atoms with Crippen LogP contribution in [0.5, 0.6) is 0 Å². The minimum Gasteiger partial charge on any atom is -0.457 e. The van der Waals surface area contributed by atoms with Gasteiger partial charge in [-0.05, 0) is 93.6 Å². The first-order valence-corrected chi connectivity index (χ1v) is 13.8. The number of ether oxygens (including phenoxy) is 1. The van der Waals surface area contributed by atoms with Gasteiger partial charge >= 0.3 is 5.97 Å². The van der Waals surface area contributed by atoms with Crippen LogP contribution in [0.1, 0.15) is 70.6 Å². The molecule has 6 aliphatic rings. The fraction of sp³-hybridized carbons (Fsp3) is 0.484. The molecule has 3 atom stereocenters. The van der Waals surface area contributed by atoms with E-state index in [2.05, 4.69) is 47.8 Å². The number of carbonyl (C=O) groups is 2. The van der Waals surface area contributed by atoms with E-state index in [-0.39, 0.29) is 23.9 Å². The molecule has 36 heavy (non-hydrogen) atoms. The van der Waals surface area contributed by atoms with Crippen molar-refractivity contribution in [2.24, 2.45) is 11.8 Å². The minimum atomic E-state index is -0.350. The van der Waals surface area contributed by atoms with Gasteiger partial charge in [0.25, 0.3) is 5.91 Å². The van der Waals surface area contributed by atoms with Crippen LogP contribution in [0.25, 0.3) is 0 Å². The van der Waals surface area contributed by atoms with E-state index in [1.54, 1.807) is 0 Å². The van der Waals surface area contributed by atoms with E-state index in [1.807, 2.05) is 11.0 Å². The van der Waals surface area contributed by atoms with Crippen molar-refractivity contribution < 1.29 is 14.3 Å². The maximum Gasteiger partial charge on any atom is 0.313 e. The van der Waals surface area contributed by atoms with Crippen molar-refractivity contribution in [3.05, 3.63) is 82.4 Å². The molecular weight excluding hydrogens is 448 g/mol. The zero-order valence-corrected chi connectivity index (χ0v) is 21.0. The van der Waals surface area contributed by atoms with Crippen LogP contribution in [0, 0.1) is 11.8 Å². The number of esters is 1. The zero-order chi connectivity index (χ0) is 24.5. The van der Waals surface area contributed by atoms with Gasteiger partial charge in [-0.3, -0.25) is 9.59 Å². The molecule has 1 saturated heterocycles. The lowest BCUT2D eigenvalue weighted by molar-refractivity contribution is -0.150. The van der Waals surface area contributed by atoms with Gasteiger partial charge in [0.05, 0.1) is 12.5 Å². The Morgan fingerprint density at radius 3 is 2.72 bits per heavy atom. The second kappa shape index (κ2) is 10.1. The van der Waals surface area contributed by atoms with Gasteiger partial charge in [-0.1, -0.05) is 36.3 Å². The van der Waals surface area contributed by atoms with Gasteiger partial charge in [-0.25, -0.2) is 0 Å². The van der Waals surface area contributed by atoms with Crippen LogP contribution in [0.3, 0.4) is 0 Å². The summed E-state index contributed by atoms with van der Waals surface area (Å²) in [4.78, 5) is 28.2. The summed E-state index contributed by atoms with van der Waals surface area (Å²) in [5.41, 5.74) is 6.76. The third-order valence-corrected chi connectivity index (χ3v) is 8.51. The van der Waals surface area contributed by atoms with Crippen molar-refractivity contribution in [2.45, 2.75) is 76.7 Å². The van der Waals surface area contributed by atoms with Crippen LogP contribution in [0.4, 0.5) is 0 Å². The molecule has 5 heteroatoms. The van der Waals surface area contributed by atoms with Crippen LogP contribution in [0.2, 0.25) is 0 Å².